The Balaban J connectivity index is 0.714. The number of halogens is 5. The fraction of sp³-hybridized carbons (Fsp3) is 0.652. The van der Waals surface area contributed by atoms with Gasteiger partial charge in [-0.3, -0.25) is 4.79 Å². The molecule has 0 aliphatic carbocycles. The molecule has 3 aromatic rings. The molecule has 35 heteroatoms. The number of piperidine rings is 1. The van der Waals surface area contributed by atoms with Gasteiger partial charge in [-0.05, 0) is 0 Å². The Hall–Kier alpha value is -3.61. The second-order valence-corrected chi connectivity index (χ2v) is 25.1. The number of aliphatic hydroxyl groups is 2. The Morgan fingerprint density at radius 1 is 0.802 bits per heavy atom. The molecule has 3 aliphatic heterocycles. The Morgan fingerprint density at radius 3 is 2.00 bits per heavy atom. The van der Waals surface area contributed by atoms with Crippen LogP contribution in [0.3, 0.4) is 0 Å². The summed E-state index contributed by atoms with van der Waals surface area (Å²) in [6, 6.07) is 0.827. The van der Waals surface area contributed by atoms with Gasteiger partial charge in [-0.15, -0.1) is 5.10 Å². The molecular formula is C46H66ClF3IN8O20P2-. The first-order valence-electron chi connectivity index (χ1n) is 25.4. The van der Waals surface area contributed by atoms with Crippen molar-refractivity contribution >= 4 is 51.8 Å². The molecule has 6 N–H and O–H groups in total. The molecule has 0 saturated carbocycles. The van der Waals surface area contributed by atoms with Crippen LogP contribution in [0.25, 0.3) is 9.90 Å². The van der Waals surface area contributed by atoms with Gasteiger partial charge in [-0.25, -0.2) is 17.9 Å². The van der Waals surface area contributed by atoms with Crippen molar-refractivity contribution in [3.63, 3.8) is 0 Å². The van der Waals surface area contributed by atoms with Gasteiger partial charge in [0.25, 0.3) is 0 Å². The number of hydrogen-bond donors (Lipinski definition) is 6. The zero-order chi connectivity index (χ0) is 58.2. The van der Waals surface area contributed by atoms with E-state index in [0.29, 0.717) is 156 Å². The predicted molar refractivity (Wildman–Crippen MR) is 271 cm³/mol. The number of aliphatic hydroxyl groups excluding tert-OH is 2. The molecular weight excluding hydrogens is 1270 g/mol. The van der Waals surface area contributed by atoms with E-state index in [4.69, 9.17) is 68.5 Å². The molecule has 1 amide bonds. The minimum atomic E-state index is -4.89. The minimum Gasteiger partial charge on any atom is -0.420 e. The molecule has 5 heterocycles. The number of benzene rings is 1. The number of amides is 1. The third-order valence-electron chi connectivity index (χ3n) is 11.8. The average molecular weight is 1330 g/mol. The van der Waals surface area contributed by atoms with Crippen molar-refractivity contribution < 1.29 is 130 Å². The summed E-state index contributed by atoms with van der Waals surface area (Å²) in [5.74, 6) is -6.90. The summed E-state index contributed by atoms with van der Waals surface area (Å²) in [5, 5.41) is 38.2. The van der Waals surface area contributed by atoms with E-state index < -0.39 is 103 Å². The van der Waals surface area contributed by atoms with Gasteiger partial charge in [0.2, 0.25) is 5.75 Å². The van der Waals surface area contributed by atoms with Crippen LogP contribution in [0.15, 0.2) is 29.5 Å². The number of aliphatic imine (C=N–C) groups is 1. The first kappa shape index (κ1) is 66.5. The molecule has 2 fully saturated rings. The topological polar surface area (TPSA) is 347 Å². The number of fused-ring (bicyclic) bond motifs is 1. The number of ether oxygens (including phenoxy) is 10. The molecule has 3 aliphatic rings. The third-order valence-corrected chi connectivity index (χ3v) is 17.5. The van der Waals surface area contributed by atoms with Crippen LogP contribution in [0, 0.1) is 23.4 Å². The summed E-state index contributed by atoms with van der Waals surface area (Å²) in [4.78, 5) is 59.5. The maximum Gasteiger partial charge on any atom is 0.202 e. The molecule has 0 spiro atoms. The molecule has 5 atom stereocenters. The van der Waals surface area contributed by atoms with Crippen LogP contribution in [0.5, 0.6) is 5.75 Å². The van der Waals surface area contributed by atoms with Gasteiger partial charge < -0.3 is 37.9 Å². The first-order valence-corrected chi connectivity index (χ1v) is 31.7. The summed E-state index contributed by atoms with van der Waals surface area (Å²) < 4.78 is 128. The van der Waals surface area contributed by atoms with Crippen molar-refractivity contribution in [3.05, 3.63) is 58.2 Å². The number of carbonyl (C=O) groups excluding carboxylic acids is 2. The van der Waals surface area contributed by atoms with E-state index in [9.17, 15) is 47.0 Å². The molecule has 81 heavy (non-hydrogen) atoms. The van der Waals surface area contributed by atoms with E-state index in [-0.39, 0.29) is 44.7 Å². The van der Waals surface area contributed by atoms with Gasteiger partial charge in [0.1, 0.15) is 11.5 Å². The van der Waals surface area contributed by atoms with Crippen LogP contribution in [0.4, 0.5) is 13.2 Å². The van der Waals surface area contributed by atoms with Crippen LogP contribution >= 0.6 is 26.8 Å². The smallest absolute Gasteiger partial charge is 0.202 e. The maximum absolute atomic E-state index is 13.6. The van der Waals surface area contributed by atoms with Crippen LogP contribution in [-0.2, 0) is 79.0 Å². The SMILES string of the molecule is O=C(CCOCCOCCOCCOCCn1cc(COCCOCCOCCOCCNC(=O)C2CCN(C3=c4cnn([C@@H]5O[C@H](COP(=O)(O)CP(=O)(O)O)[C@@H](O)[C@H]5O)c4=C[I-]C(Cl)=N3)CC2)nn1)Oc1c(F)cc(F)cc1F. The molecule has 0 radical (unpaired) electrons. The Labute approximate surface area is 477 Å². The quantitative estimate of drug-likeness (QED) is 0.0107. The summed E-state index contributed by atoms with van der Waals surface area (Å²) in [5.41, 5.74) is 0.656. The van der Waals surface area contributed by atoms with Crippen LogP contribution < -0.4 is 41.8 Å². The van der Waals surface area contributed by atoms with Crippen molar-refractivity contribution in [2.75, 3.05) is 131 Å². The van der Waals surface area contributed by atoms with Gasteiger partial charge in [0.05, 0.1) is 118 Å². The van der Waals surface area contributed by atoms with E-state index >= 15 is 0 Å². The molecule has 2 saturated heterocycles. The van der Waals surface area contributed by atoms with Gasteiger partial charge in [0.15, 0.2) is 11.6 Å². The number of nitrogens with one attached hydrogen (secondary N) is 1. The van der Waals surface area contributed by atoms with E-state index in [1.807, 2.05) is 8.98 Å². The van der Waals surface area contributed by atoms with E-state index in [0.717, 1.165) is 0 Å². The summed E-state index contributed by atoms with van der Waals surface area (Å²) in [6.07, 6.45) is -1.64. The van der Waals surface area contributed by atoms with Gasteiger partial charge >= 0.3 is 250 Å². The van der Waals surface area contributed by atoms with Crippen LogP contribution in [0.1, 0.15) is 31.2 Å². The number of aromatic nitrogens is 5. The third kappa shape index (κ3) is 23.1. The zero-order valence-corrected chi connectivity index (χ0v) is 48.4. The predicted octanol–water partition coefficient (Wildman–Crippen LogP) is -3.49. The van der Waals surface area contributed by atoms with Crippen molar-refractivity contribution in [2.24, 2.45) is 10.9 Å². The van der Waals surface area contributed by atoms with Crippen molar-refractivity contribution in [3.8, 4) is 5.75 Å². The second-order valence-electron chi connectivity index (χ2n) is 17.9. The van der Waals surface area contributed by atoms with Gasteiger partial charge in [-0.1, -0.05) is 5.21 Å². The van der Waals surface area contributed by atoms with E-state index in [1.165, 1.54) is 10.9 Å². The fourth-order valence-electron chi connectivity index (χ4n) is 7.85. The van der Waals surface area contributed by atoms with Crippen molar-refractivity contribution in [1.29, 1.82) is 0 Å². The van der Waals surface area contributed by atoms with Gasteiger partial charge in [0, 0.05) is 12.1 Å². The molecule has 28 nitrogen and oxygen atoms in total. The molecule has 2 aromatic heterocycles. The number of nitrogens with zero attached hydrogens (tertiary/aromatic N) is 7. The summed E-state index contributed by atoms with van der Waals surface area (Å²) in [6.45, 7) is 5.78. The maximum atomic E-state index is 13.6. The monoisotopic (exact) mass is 1330 g/mol. The van der Waals surface area contributed by atoms with Crippen LogP contribution in [0.2, 0.25) is 0 Å². The summed E-state index contributed by atoms with van der Waals surface area (Å²) in [7, 11) is -9.64. The number of rotatable bonds is 38. The Kier molecular flexibility index (Phi) is 28.2. The Morgan fingerprint density at radius 2 is 1.38 bits per heavy atom. The molecule has 1 unspecified atom stereocenters. The van der Waals surface area contributed by atoms with Gasteiger partial charge in [-0.2, -0.15) is 0 Å². The number of carbonyl (C=O) groups is 2. The molecule has 0 bridgehead atoms. The molecule has 1 aromatic carbocycles. The first-order chi connectivity index (χ1) is 38.9. The summed E-state index contributed by atoms with van der Waals surface area (Å²) >= 11 is 5.56. The second kappa shape index (κ2) is 34.4. The van der Waals surface area contributed by atoms with E-state index in [2.05, 4.69) is 30.5 Å². The standard InChI is InChI=1S/C46H66ClF3IN8O20P2/c47-46-51-25-37-34(26-53-59(37)45-41(62)40(61)38(78-45)29-77-81(67,68)30-80(64,65)66)43(54-46)57-5-1-31(2-6-57)44(63)52-4-9-70-12-15-73-19-20-75-21-22-76-28-33-27-58(56-55-33)7-10-71-13-16-74-18-17-72-14-11-69-8-3-39(60)79-42-35(49)23-32(48)24-36(42)50/h23-27,31,38,40-41,45,61-62H,1-22,28-30H2,(H,52,63)(H,67,68)(H2,64,65,66)/q-1/t38-,40-,41-,45-/m1/s1. The largest absolute Gasteiger partial charge is 0.420 e. The average Bonchev–Trinajstić information content (AvgIpc) is 4.21. The van der Waals surface area contributed by atoms with Crippen LogP contribution in [-0.4, -0.2) is 219 Å². The number of likely N-dealkylation sites (tertiary alicyclic amines) is 1. The number of esters is 1. The fourth-order valence-corrected chi connectivity index (χ4v) is 12.3. The molecule has 456 valence electrons. The van der Waals surface area contributed by atoms with Crippen molar-refractivity contribution in [1.82, 2.24) is 35.0 Å². The molecule has 6 rings (SSSR count). The number of hydrogen-bond acceptors (Lipinski definition) is 22. The van der Waals surface area contributed by atoms with Crippen molar-refractivity contribution in [2.45, 2.75) is 57.0 Å². The zero-order valence-electron chi connectivity index (χ0n) is 43.7. The normalized spacial score (nSPS) is 19.6. The Bertz CT molecular complexity index is 2710. The minimum absolute atomic E-state index is 0.0635. The van der Waals surface area contributed by atoms with E-state index in [1.54, 1.807) is 10.9 Å².